The van der Waals surface area contributed by atoms with Crippen molar-refractivity contribution in [2.75, 3.05) is 25.5 Å². The van der Waals surface area contributed by atoms with E-state index in [-0.39, 0.29) is 36.5 Å². The average Bonchev–Trinajstić information content (AvgIpc) is 3.25. The van der Waals surface area contributed by atoms with E-state index in [9.17, 15) is 20.1 Å². The Kier molecular flexibility index (Phi) is 13.1. The predicted octanol–water partition coefficient (Wildman–Crippen LogP) is 9.12. The first-order chi connectivity index (χ1) is 28.2. The van der Waals surface area contributed by atoms with Gasteiger partial charge in [-0.25, -0.2) is 4.79 Å². The van der Waals surface area contributed by atoms with Gasteiger partial charge in [-0.2, -0.15) is 0 Å². The number of phenols is 1. The molecule has 1 aliphatic rings. The summed E-state index contributed by atoms with van der Waals surface area (Å²) in [5.74, 6) is 1.50. The van der Waals surface area contributed by atoms with E-state index in [1.54, 1.807) is 36.4 Å². The fourth-order valence-corrected chi connectivity index (χ4v) is 7.12. The molecule has 0 spiro atoms. The van der Waals surface area contributed by atoms with Crippen LogP contribution in [0.1, 0.15) is 53.2 Å². The molecule has 0 aromatic heterocycles. The molecule has 2 amide bonds. The second kappa shape index (κ2) is 19.0. The van der Waals surface area contributed by atoms with Crippen LogP contribution < -0.4 is 15.4 Å². The van der Waals surface area contributed by atoms with Crippen LogP contribution in [0.4, 0.5) is 10.5 Å². The lowest BCUT2D eigenvalue weighted by Gasteiger charge is -2.42. The van der Waals surface area contributed by atoms with E-state index in [1.165, 1.54) is 0 Å². The van der Waals surface area contributed by atoms with E-state index < -0.39 is 12.4 Å². The normalized spacial score (nSPS) is 18.4. The number of likely N-dealkylation sites (N-methyl/N-ethyl adjacent to an activating group) is 1. The van der Waals surface area contributed by atoms with Crippen molar-refractivity contribution in [3.8, 4) is 28.4 Å². The Morgan fingerprint density at radius 1 is 0.759 bits per heavy atom. The number of benzene rings is 6. The van der Waals surface area contributed by atoms with Crippen LogP contribution >= 0.6 is 0 Å². The topological polar surface area (TPSA) is 133 Å². The summed E-state index contributed by atoms with van der Waals surface area (Å²) < 4.78 is 19.2. The molecule has 5 atom stereocenters. The predicted molar refractivity (Wildman–Crippen MR) is 224 cm³/mol. The number of aliphatic hydroxyl groups excluding tert-OH is 2. The fraction of sp³-hybridized carbons (Fsp3) is 0.229. The van der Waals surface area contributed by atoms with Crippen LogP contribution in [0.5, 0.6) is 17.2 Å². The second-order valence-corrected chi connectivity index (χ2v) is 14.7. The molecular formula is C48H49N3O7. The van der Waals surface area contributed by atoms with Crippen LogP contribution in [0, 0.1) is 5.92 Å². The molecule has 0 aliphatic carbocycles. The maximum atomic E-state index is 12.8. The summed E-state index contributed by atoms with van der Waals surface area (Å²) >= 11 is 0. The number of aromatic hydroxyl groups is 1. The third-order valence-corrected chi connectivity index (χ3v) is 10.3. The molecule has 10 nitrogen and oxygen atoms in total. The quantitative estimate of drug-likeness (QED) is 0.0740. The number of hydrogen-bond acceptors (Lipinski definition) is 8. The highest BCUT2D eigenvalue weighted by Gasteiger charge is 2.39. The highest BCUT2D eigenvalue weighted by molar-refractivity contribution is 5.89. The Morgan fingerprint density at radius 3 is 2.19 bits per heavy atom. The molecule has 0 unspecified atom stereocenters. The molecule has 0 bridgehead atoms. The van der Waals surface area contributed by atoms with Gasteiger partial charge in [0.25, 0.3) is 0 Å². The first-order valence-electron chi connectivity index (χ1n) is 19.4. The average molecular weight is 780 g/mol. The Balaban J connectivity index is 0.990. The Bertz CT molecular complexity index is 2230. The van der Waals surface area contributed by atoms with Crippen molar-refractivity contribution < 1.29 is 34.3 Å². The van der Waals surface area contributed by atoms with Crippen LogP contribution in [-0.2, 0) is 22.6 Å². The van der Waals surface area contributed by atoms with E-state index in [0.29, 0.717) is 36.6 Å². The number of phenolic OH excluding ortho intramolecular Hbond substituents is 1. The molecule has 1 aliphatic heterocycles. The number of ether oxygens (including phenoxy) is 3. The van der Waals surface area contributed by atoms with E-state index in [2.05, 4.69) is 23.6 Å². The van der Waals surface area contributed by atoms with E-state index >= 15 is 0 Å². The number of carbonyl (C=O) groups excluding carboxylic acids is 1. The van der Waals surface area contributed by atoms with Gasteiger partial charge in [0.15, 0.2) is 6.29 Å². The summed E-state index contributed by atoms with van der Waals surface area (Å²) in [6.45, 7) is 3.31. The largest absolute Gasteiger partial charge is 0.508 e. The smallest absolute Gasteiger partial charge is 0.319 e. The highest BCUT2D eigenvalue weighted by atomic mass is 16.7. The zero-order valence-corrected chi connectivity index (χ0v) is 32.6. The van der Waals surface area contributed by atoms with Gasteiger partial charge >= 0.3 is 6.03 Å². The number of hydrogen-bond donors (Lipinski definition) is 5. The minimum Gasteiger partial charge on any atom is -0.508 e. The molecule has 10 heteroatoms. The van der Waals surface area contributed by atoms with Crippen molar-refractivity contribution in [2.45, 2.75) is 44.7 Å². The molecule has 7 rings (SSSR count). The molecule has 298 valence electrons. The number of amides is 2. The summed E-state index contributed by atoms with van der Waals surface area (Å²) in [6.07, 6.45) is -1.95. The number of rotatable bonds is 14. The standard InChI is InChI=1S/C48H49N3O7/c1-32-45(30-51(2)29-44(54)39-10-7-11-41(53)27-39)57-47(58-46(32)36-16-14-33(31-52)15-17-36)37-20-18-35(19-21-37)38-9-6-8-34(26-38)28-49-48(55)50-40-22-24-43(25-23-40)56-42-12-4-3-5-13-42/h3-27,32,44-47,52-54H,28-31H2,1-2H3,(H2,49,50,55)/t32-,44+,45+,46+,47+/m0/s1. The summed E-state index contributed by atoms with van der Waals surface area (Å²) in [4.78, 5) is 14.8. The first kappa shape index (κ1) is 40.2. The summed E-state index contributed by atoms with van der Waals surface area (Å²) in [5.41, 5.74) is 6.95. The maximum Gasteiger partial charge on any atom is 0.319 e. The lowest BCUT2D eigenvalue weighted by atomic mass is 9.90. The van der Waals surface area contributed by atoms with Crippen molar-refractivity contribution in [3.63, 3.8) is 0 Å². The summed E-state index contributed by atoms with van der Waals surface area (Å²) in [6, 6.07) is 47.1. The molecule has 5 N–H and O–H groups in total. The zero-order valence-electron chi connectivity index (χ0n) is 32.6. The fourth-order valence-electron chi connectivity index (χ4n) is 7.12. The highest BCUT2D eigenvalue weighted by Crippen LogP contribution is 2.42. The Labute approximate surface area is 339 Å². The molecule has 1 heterocycles. The monoisotopic (exact) mass is 779 g/mol. The van der Waals surface area contributed by atoms with Crippen molar-refractivity contribution in [1.29, 1.82) is 0 Å². The number of nitrogens with zero attached hydrogens (tertiary/aromatic N) is 1. The van der Waals surface area contributed by atoms with Gasteiger partial charge in [-0.05, 0) is 95.0 Å². The van der Waals surface area contributed by atoms with Gasteiger partial charge in [0, 0.05) is 36.8 Å². The third kappa shape index (κ3) is 10.5. The molecule has 1 fully saturated rings. The van der Waals surface area contributed by atoms with Crippen LogP contribution in [-0.4, -0.2) is 52.5 Å². The molecule has 0 radical (unpaired) electrons. The van der Waals surface area contributed by atoms with Gasteiger partial charge in [-0.3, -0.25) is 0 Å². The molecular weight excluding hydrogens is 731 g/mol. The lowest BCUT2D eigenvalue weighted by molar-refractivity contribution is -0.276. The second-order valence-electron chi connectivity index (χ2n) is 14.7. The summed E-state index contributed by atoms with van der Waals surface area (Å²) in [5, 5.41) is 36.3. The molecule has 1 saturated heterocycles. The van der Waals surface area contributed by atoms with Gasteiger partial charge in [0.05, 0.1) is 24.9 Å². The minimum atomic E-state index is -0.784. The lowest BCUT2D eigenvalue weighted by Crippen LogP contribution is -2.44. The SMILES string of the molecule is C[C@H]1[C@@H](CN(C)C[C@@H](O)c2cccc(O)c2)O[C@@H](c2ccc(-c3cccc(CNC(=O)Nc4ccc(Oc5ccccc5)cc4)c3)cc2)O[C@H]1c1ccc(CO)cc1. The number of para-hydroxylation sites is 1. The van der Waals surface area contributed by atoms with Crippen LogP contribution in [0.3, 0.4) is 0 Å². The Morgan fingerprint density at radius 2 is 1.47 bits per heavy atom. The molecule has 6 aromatic carbocycles. The number of carbonyl (C=O) groups is 1. The van der Waals surface area contributed by atoms with Crippen molar-refractivity contribution >= 4 is 11.7 Å². The summed E-state index contributed by atoms with van der Waals surface area (Å²) in [7, 11) is 1.95. The van der Waals surface area contributed by atoms with Crippen molar-refractivity contribution in [3.05, 3.63) is 179 Å². The van der Waals surface area contributed by atoms with Crippen molar-refractivity contribution in [2.24, 2.45) is 5.92 Å². The molecule has 0 saturated carbocycles. The van der Waals surface area contributed by atoms with Gasteiger partial charge in [-0.15, -0.1) is 0 Å². The minimum absolute atomic E-state index is 0.0330. The first-order valence-corrected chi connectivity index (χ1v) is 19.4. The van der Waals surface area contributed by atoms with Crippen LogP contribution in [0.25, 0.3) is 11.1 Å². The van der Waals surface area contributed by atoms with E-state index in [1.807, 2.05) is 121 Å². The zero-order chi connectivity index (χ0) is 40.4. The number of urea groups is 1. The van der Waals surface area contributed by atoms with E-state index in [4.69, 9.17) is 14.2 Å². The van der Waals surface area contributed by atoms with Gasteiger partial charge < -0.3 is 45.1 Å². The number of nitrogens with one attached hydrogen (secondary N) is 2. The van der Waals surface area contributed by atoms with Gasteiger partial charge in [-0.1, -0.05) is 104 Å². The van der Waals surface area contributed by atoms with Gasteiger partial charge in [0.2, 0.25) is 0 Å². The third-order valence-electron chi connectivity index (χ3n) is 10.3. The maximum absolute atomic E-state index is 12.8. The van der Waals surface area contributed by atoms with Crippen molar-refractivity contribution in [1.82, 2.24) is 10.2 Å². The van der Waals surface area contributed by atoms with Crippen LogP contribution in [0.2, 0.25) is 0 Å². The molecule has 58 heavy (non-hydrogen) atoms. The Hall–Kier alpha value is -6.01. The number of anilines is 1. The number of aliphatic hydroxyl groups is 2. The van der Waals surface area contributed by atoms with Gasteiger partial charge in [0.1, 0.15) is 17.2 Å². The van der Waals surface area contributed by atoms with E-state index in [0.717, 1.165) is 39.1 Å². The van der Waals surface area contributed by atoms with Crippen LogP contribution in [0.15, 0.2) is 152 Å². The molecule has 6 aromatic rings.